The van der Waals surface area contributed by atoms with Crippen molar-refractivity contribution in [1.82, 2.24) is 20.1 Å². The van der Waals surface area contributed by atoms with Crippen LogP contribution in [0, 0.1) is 5.92 Å². The van der Waals surface area contributed by atoms with Crippen LogP contribution in [0.1, 0.15) is 20.8 Å². The number of aromatic nitrogens is 3. The highest BCUT2D eigenvalue weighted by Crippen LogP contribution is 2.32. The zero-order chi connectivity index (χ0) is 25.1. The van der Waals surface area contributed by atoms with Crippen LogP contribution in [-0.2, 0) is 4.74 Å². The number of benzene rings is 2. The molecule has 0 radical (unpaired) electrons. The number of anilines is 1. The van der Waals surface area contributed by atoms with Gasteiger partial charge < -0.3 is 15.4 Å². The van der Waals surface area contributed by atoms with Crippen LogP contribution in [0.5, 0.6) is 0 Å². The van der Waals surface area contributed by atoms with E-state index in [0.717, 1.165) is 0 Å². The molecule has 1 aliphatic rings. The number of carbonyl (C=O) groups excluding carboxylic acids is 2. The van der Waals surface area contributed by atoms with Crippen molar-refractivity contribution in [3.63, 3.8) is 0 Å². The summed E-state index contributed by atoms with van der Waals surface area (Å²) in [7, 11) is 0. The molecule has 0 bridgehead atoms. The van der Waals surface area contributed by atoms with Gasteiger partial charge in [-0.2, -0.15) is 5.10 Å². The van der Waals surface area contributed by atoms with Gasteiger partial charge in [0, 0.05) is 30.3 Å². The van der Waals surface area contributed by atoms with E-state index in [4.69, 9.17) is 27.9 Å². The maximum Gasteiger partial charge on any atom is 0.271 e. The average Bonchev–Trinajstić information content (AvgIpc) is 3.28. The Kier molecular flexibility index (Phi) is 6.99. The molecule has 2 aromatic heterocycles. The molecule has 36 heavy (non-hydrogen) atoms. The molecule has 1 saturated heterocycles. The number of pyridine rings is 1. The van der Waals surface area contributed by atoms with E-state index in [1.807, 2.05) is 36.4 Å². The summed E-state index contributed by atoms with van der Waals surface area (Å²) < 4.78 is 6.65. The number of amides is 2. The summed E-state index contributed by atoms with van der Waals surface area (Å²) in [6.45, 7) is 1.75. The molecule has 2 aromatic carbocycles. The number of carbonyl (C=O) groups is 2. The number of nitrogens with zero attached hydrogens (tertiary/aromatic N) is 3. The van der Waals surface area contributed by atoms with Crippen molar-refractivity contribution < 1.29 is 14.3 Å². The van der Waals surface area contributed by atoms with Crippen molar-refractivity contribution in [1.29, 1.82) is 0 Å². The van der Waals surface area contributed by atoms with Gasteiger partial charge in [0.1, 0.15) is 5.82 Å². The summed E-state index contributed by atoms with van der Waals surface area (Å²) in [5, 5.41) is 10.7. The summed E-state index contributed by atoms with van der Waals surface area (Å²) in [4.78, 5) is 30.4. The Balaban J connectivity index is 1.45. The quantitative estimate of drug-likeness (QED) is 0.361. The molecule has 2 amide bonds. The number of hydrogen-bond acceptors (Lipinski definition) is 5. The number of hydrogen-bond donors (Lipinski definition) is 2. The SMILES string of the molecule is O=C(NCC1COC1)c1cc(NC(=O)c2cc(-c3ccccn3)c(Cl)cc2Cl)n(-c2ccccc2)n1. The normalized spacial score (nSPS) is 13.2. The Morgan fingerprint density at radius 2 is 1.75 bits per heavy atom. The second-order valence-electron chi connectivity index (χ2n) is 8.26. The van der Waals surface area contributed by atoms with E-state index in [0.29, 0.717) is 53.5 Å². The highest BCUT2D eigenvalue weighted by Gasteiger charge is 2.23. The van der Waals surface area contributed by atoms with Gasteiger partial charge in [0.25, 0.3) is 11.8 Å². The smallest absolute Gasteiger partial charge is 0.271 e. The fourth-order valence-corrected chi connectivity index (χ4v) is 4.27. The topological polar surface area (TPSA) is 98.1 Å². The van der Waals surface area contributed by atoms with Gasteiger partial charge in [-0.15, -0.1) is 0 Å². The lowest BCUT2D eigenvalue weighted by Crippen LogP contribution is -2.39. The molecule has 4 aromatic rings. The molecular formula is C26H21Cl2N5O3. The molecule has 0 unspecified atom stereocenters. The van der Waals surface area contributed by atoms with Crippen LogP contribution < -0.4 is 10.6 Å². The lowest BCUT2D eigenvalue weighted by atomic mass is 10.1. The third-order valence-corrected chi connectivity index (χ3v) is 6.31. The zero-order valence-electron chi connectivity index (χ0n) is 18.9. The third-order valence-electron chi connectivity index (χ3n) is 5.68. The third kappa shape index (κ3) is 5.11. The first-order valence-electron chi connectivity index (χ1n) is 11.2. The first-order valence-corrected chi connectivity index (χ1v) is 12.0. The lowest BCUT2D eigenvalue weighted by molar-refractivity contribution is -0.0299. The van der Waals surface area contributed by atoms with Crippen molar-refractivity contribution in [2.45, 2.75) is 0 Å². The Morgan fingerprint density at radius 1 is 0.972 bits per heavy atom. The number of nitrogens with one attached hydrogen (secondary N) is 2. The summed E-state index contributed by atoms with van der Waals surface area (Å²) in [5.74, 6) is -0.211. The highest BCUT2D eigenvalue weighted by molar-refractivity contribution is 6.38. The molecule has 10 heteroatoms. The maximum absolute atomic E-state index is 13.3. The summed E-state index contributed by atoms with van der Waals surface area (Å²) in [6.07, 6.45) is 1.64. The van der Waals surface area contributed by atoms with E-state index in [2.05, 4.69) is 20.7 Å². The molecule has 0 aliphatic carbocycles. The van der Waals surface area contributed by atoms with Gasteiger partial charge in [-0.05, 0) is 36.4 Å². The Morgan fingerprint density at radius 3 is 2.44 bits per heavy atom. The van der Waals surface area contributed by atoms with Gasteiger partial charge in [-0.1, -0.05) is 47.5 Å². The lowest BCUT2D eigenvalue weighted by Gasteiger charge is -2.25. The molecule has 1 aliphatic heterocycles. The molecule has 1 fully saturated rings. The van der Waals surface area contributed by atoms with E-state index in [1.54, 1.807) is 24.4 Å². The van der Waals surface area contributed by atoms with Crippen molar-refractivity contribution in [2.75, 3.05) is 25.1 Å². The summed E-state index contributed by atoms with van der Waals surface area (Å²) in [5.41, 5.74) is 2.24. The van der Waals surface area contributed by atoms with Crippen LogP contribution in [0.25, 0.3) is 16.9 Å². The summed E-state index contributed by atoms with van der Waals surface area (Å²) in [6, 6.07) is 19.3. The molecule has 0 spiro atoms. The minimum Gasteiger partial charge on any atom is -0.381 e. The van der Waals surface area contributed by atoms with Crippen LogP contribution in [0.15, 0.2) is 72.9 Å². The molecule has 0 atom stereocenters. The Hall–Kier alpha value is -3.72. The fourth-order valence-electron chi connectivity index (χ4n) is 3.70. The Labute approximate surface area is 217 Å². The fraction of sp³-hybridized carbons (Fsp3) is 0.154. The number of halogens is 2. The number of ether oxygens (including phenoxy) is 1. The minimum absolute atomic E-state index is 0.172. The Bertz CT molecular complexity index is 1410. The van der Waals surface area contributed by atoms with Gasteiger partial charge in [0.2, 0.25) is 0 Å². The largest absolute Gasteiger partial charge is 0.381 e. The molecule has 8 nitrogen and oxygen atoms in total. The van der Waals surface area contributed by atoms with Crippen molar-refractivity contribution in [3.8, 4) is 16.9 Å². The van der Waals surface area contributed by atoms with E-state index in [1.165, 1.54) is 16.8 Å². The van der Waals surface area contributed by atoms with E-state index >= 15 is 0 Å². The van der Waals surface area contributed by atoms with Gasteiger partial charge in [0.15, 0.2) is 5.69 Å². The average molecular weight is 522 g/mol. The second kappa shape index (κ2) is 10.5. The maximum atomic E-state index is 13.3. The zero-order valence-corrected chi connectivity index (χ0v) is 20.5. The van der Waals surface area contributed by atoms with Gasteiger partial charge >= 0.3 is 0 Å². The van der Waals surface area contributed by atoms with E-state index < -0.39 is 5.91 Å². The monoisotopic (exact) mass is 521 g/mol. The standard InChI is InChI=1S/C26H21Cl2N5O3/c27-20-11-21(28)19(10-18(20)22-8-4-5-9-29-22)25(34)31-24-12-23(26(35)30-13-16-14-36-15-16)32-33(24)17-6-2-1-3-7-17/h1-12,16H,13-15H2,(H,30,35)(H,31,34). The van der Waals surface area contributed by atoms with Gasteiger partial charge in [-0.3, -0.25) is 14.6 Å². The first kappa shape index (κ1) is 24.0. The van der Waals surface area contributed by atoms with Crippen molar-refractivity contribution >= 4 is 40.8 Å². The minimum atomic E-state index is -0.482. The predicted molar refractivity (Wildman–Crippen MR) is 138 cm³/mol. The predicted octanol–water partition coefficient (Wildman–Crippen LogP) is 4.87. The van der Waals surface area contributed by atoms with Gasteiger partial charge in [0.05, 0.1) is 40.2 Å². The van der Waals surface area contributed by atoms with Crippen LogP contribution in [0.2, 0.25) is 10.0 Å². The van der Waals surface area contributed by atoms with Crippen LogP contribution in [0.3, 0.4) is 0 Å². The second-order valence-corrected chi connectivity index (χ2v) is 9.07. The van der Waals surface area contributed by atoms with Crippen molar-refractivity contribution in [3.05, 3.63) is 94.2 Å². The molecule has 2 N–H and O–H groups in total. The van der Waals surface area contributed by atoms with E-state index in [9.17, 15) is 9.59 Å². The van der Waals surface area contributed by atoms with Crippen LogP contribution >= 0.6 is 23.2 Å². The summed E-state index contributed by atoms with van der Waals surface area (Å²) >= 11 is 12.8. The molecule has 0 saturated carbocycles. The number of rotatable bonds is 7. The molecule has 3 heterocycles. The van der Waals surface area contributed by atoms with Gasteiger partial charge in [-0.25, -0.2) is 4.68 Å². The first-order chi connectivity index (χ1) is 17.5. The number of para-hydroxylation sites is 1. The molecule has 182 valence electrons. The van der Waals surface area contributed by atoms with E-state index in [-0.39, 0.29) is 22.2 Å². The van der Waals surface area contributed by atoms with Crippen LogP contribution in [0.4, 0.5) is 5.82 Å². The van der Waals surface area contributed by atoms with Crippen LogP contribution in [-0.4, -0.2) is 46.3 Å². The highest BCUT2D eigenvalue weighted by atomic mass is 35.5. The molecular weight excluding hydrogens is 501 g/mol. The van der Waals surface area contributed by atoms with Crippen molar-refractivity contribution in [2.24, 2.45) is 5.92 Å². The molecule has 5 rings (SSSR count).